The first-order valence-corrected chi connectivity index (χ1v) is 11.8. The Hall–Kier alpha value is -2.30. The third-order valence-electron chi connectivity index (χ3n) is 3.88. The van der Waals surface area contributed by atoms with Crippen LogP contribution in [0.15, 0.2) is 71.6 Å². The molecule has 3 aromatic carbocycles. The van der Waals surface area contributed by atoms with Crippen molar-refractivity contribution in [3.8, 4) is 11.5 Å². The first-order chi connectivity index (χ1) is 14.3. The van der Waals surface area contributed by atoms with Crippen LogP contribution >= 0.6 is 34.2 Å². The van der Waals surface area contributed by atoms with Crippen molar-refractivity contribution in [2.24, 2.45) is 0 Å². The van der Waals surface area contributed by atoms with Crippen LogP contribution in [0.2, 0.25) is 5.02 Å². The highest BCUT2D eigenvalue weighted by Gasteiger charge is 2.22. The molecule has 30 heavy (non-hydrogen) atoms. The molecule has 3 rings (SSSR count). The van der Waals surface area contributed by atoms with Gasteiger partial charge in [-0.25, -0.2) is 13.2 Å². The number of esters is 1. The standard InChI is InChI=1S/C21H17ClINO5S/c1-2-28-21(25)14-9-11-16(12-10-14)24-30(26,27)19-8-4-7-18(23)20(19)29-17-6-3-5-15(22)13-17/h3-13,24H,2H2,1H3. The number of carbonyl (C=O) groups is 1. The normalized spacial score (nSPS) is 11.0. The van der Waals surface area contributed by atoms with Crippen molar-refractivity contribution in [1.29, 1.82) is 0 Å². The highest BCUT2D eigenvalue weighted by molar-refractivity contribution is 14.1. The van der Waals surface area contributed by atoms with Gasteiger partial charge in [0.2, 0.25) is 0 Å². The van der Waals surface area contributed by atoms with E-state index in [9.17, 15) is 13.2 Å². The van der Waals surface area contributed by atoms with Gasteiger partial charge in [0.1, 0.15) is 10.6 Å². The van der Waals surface area contributed by atoms with Crippen LogP contribution < -0.4 is 9.46 Å². The van der Waals surface area contributed by atoms with Gasteiger partial charge in [-0.05, 0) is 84.1 Å². The Morgan fingerprint density at radius 1 is 1.07 bits per heavy atom. The molecule has 9 heteroatoms. The molecule has 0 amide bonds. The minimum absolute atomic E-state index is 0.0242. The Morgan fingerprint density at radius 2 is 1.77 bits per heavy atom. The third kappa shape index (κ3) is 5.44. The van der Waals surface area contributed by atoms with Crippen molar-refractivity contribution < 1.29 is 22.7 Å². The number of para-hydroxylation sites is 1. The maximum absolute atomic E-state index is 13.0. The number of hydrogen-bond donors (Lipinski definition) is 1. The summed E-state index contributed by atoms with van der Waals surface area (Å²) in [5, 5.41) is 0.475. The Morgan fingerprint density at radius 3 is 2.43 bits per heavy atom. The molecule has 0 bridgehead atoms. The molecule has 0 atom stereocenters. The average molecular weight is 558 g/mol. The number of ether oxygens (including phenoxy) is 2. The molecule has 0 aromatic heterocycles. The lowest BCUT2D eigenvalue weighted by Gasteiger charge is -2.15. The van der Waals surface area contributed by atoms with Gasteiger partial charge in [-0.1, -0.05) is 23.7 Å². The molecule has 0 spiro atoms. The van der Waals surface area contributed by atoms with Gasteiger partial charge in [-0.15, -0.1) is 0 Å². The zero-order chi connectivity index (χ0) is 21.7. The maximum Gasteiger partial charge on any atom is 0.338 e. The van der Waals surface area contributed by atoms with Gasteiger partial charge in [0.25, 0.3) is 10.0 Å². The number of anilines is 1. The van der Waals surface area contributed by atoms with E-state index in [4.69, 9.17) is 21.1 Å². The molecule has 0 saturated heterocycles. The van der Waals surface area contributed by atoms with Crippen molar-refractivity contribution >= 4 is 55.9 Å². The number of carbonyl (C=O) groups excluding carboxylic acids is 1. The van der Waals surface area contributed by atoms with Gasteiger partial charge in [-0.3, -0.25) is 4.72 Å². The summed E-state index contributed by atoms with van der Waals surface area (Å²) >= 11 is 8.01. The second-order valence-corrected chi connectivity index (χ2v) is 9.28. The molecule has 0 fully saturated rings. The molecule has 0 unspecified atom stereocenters. The summed E-state index contributed by atoms with van der Waals surface area (Å²) in [6.45, 7) is 1.97. The van der Waals surface area contributed by atoms with E-state index < -0.39 is 16.0 Å². The Labute approximate surface area is 193 Å². The summed E-state index contributed by atoms with van der Waals surface area (Å²) in [4.78, 5) is 11.7. The second kappa shape index (κ2) is 9.67. The minimum Gasteiger partial charge on any atom is -0.462 e. The van der Waals surface area contributed by atoms with Crippen LogP contribution in [0.3, 0.4) is 0 Å². The first-order valence-electron chi connectivity index (χ1n) is 8.82. The molecule has 0 aliphatic rings. The lowest BCUT2D eigenvalue weighted by molar-refractivity contribution is 0.0526. The van der Waals surface area contributed by atoms with Gasteiger partial charge < -0.3 is 9.47 Å². The van der Waals surface area contributed by atoms with Crippen LogP contribution in [-0.4, -0.2) is 21.0 Å². The topological polar surface area (TPSA) is 81.7 Å². The Bertz CT molecular complexity index is 1170. The largest absolute Gasteiger partial charge is 0.462 e. The van der Waals surface area contributed by atoms with Crippen molar-refractivity contribution in [3.05, 3.63) is 80.9 Å². The van der Waals surface area contributed by atoms with E-state index in [0.717, 1.165) is 0 Å². The lowest BCUT2D eigenvalue weighted by Crippen LogP contribution is -2.14. The second-order valence-electron chi connectivity index (χ2n) is 6.03. The van der Waals surface area contributed by atoms with E-state index in [1.54, 1.807) is 43.3 Å². The number of rotatable bonds is 7. The molecule has 1 N–H and O–H groups in total. The predicted octanol–water partition coefficient (Wildman–Crippen LogP) is 5.71. The predicted molar refractivity (Wildman–Crippen MR) is 124 cm³/mol. The summed E-state index contributed by atoms with van der Waals surface area (Å²) < 4.78 is 40.0. The number of benzene rings is 3. The zero-order valence-electron chi connectivity index (χ0n) is 15.8. The zero-order valence-corrected chi connectivity index (χ0v) is 19.5. The van der Waals surface area contributed by atoms with Crippen LogP contribution in [0.5, 0.6) is 11.5 Å². The van der Waals surface area contributed by atoms with Gasteiger partial charge in [0.05, 0.1) is 15.7 Å². The molecule has 0 aliphatic carbocycles. The van der Waals surface area contributed by atoms with Crippen molar-refractivity contribution in [2.45, 2.75) is 11.8 Å². The molecule has 3 aromatic rings. The van der Waals surface area contributed by atoms with Gasteiger partial charge >= 0.3 is 5.97 Å². The minimum atomic E-state index is -3.97. The SMILES string of the molecule is CCOC(=O)c1ccc(NS(=O)(=O)c2cccc(I)c2Oc2cccc(Cl)c2)cc1. The van der Waals surface area contributed by atoms with E-state index in [-0.39, 0.29) is 17.3 Å². The molecular formula is C21H17ClINO5S. The summed E-state index contributed by atoms with van der Waals surface area (Å²) in [7, 11) is -3.97. The fraction of sp³-hybridized carbons (Fsp3) is 0.0952. The fourth-order valence-corrected chi connectivity index (χ4v) is 4.73. The van der Waals surface area contributed by atoms with Crippen LogP contribution in [0.25, 0.3) is 0 Å². The van der Waals surface area contributed by atoms with Crippen LogP contribution in [0, 0.1) is 3.57 Å². The summed E-state index contributed by atoms with van der Waals surface area (Å²) in [6, 6.07) is 17.5. The van der Waals surface area contributed by atoms with E-state index >= 15 is 0 Å². The molecule has 0 radical (unpaired) electrons. The molecule has 0 heterocycles. The lowest BCUT2D eigenvalue weighted by atomic mass is 10.2. The van der Waals surface area contributed by atoms with Gasteiger partial charge in [-0.2, -0.15) is 0 Å². The molecule has 6 nitrogen and oxygen atoms in total. The maximum atomic E-state index is 13.0. The highest BCUT2D eigenvalue weighted by Crippen LogP contribution is 2.35. The Balaban J connectivity index is 1.89. The highest BCUT2D eigenvalue weighted by atomic mass is 127. The number of sulfonamides is 1. The molecule has 0 saturated carbocycles. The number of nitrogens with one attached hydrogen (secondary N) is 1. The van der Waals surface area contributed by atoms with E-state index in [0.29, 0.717) is 25.6 Å². The average Bonchev–Trinajstić information content (AvgIpc) is 2.70. The van der Waals surface area contributed by atoms with Gasteiger partial charge in [0.15, 0.2) is 5.75 Å². The monoisotopic (exact) mass is 557 g/mol. The van der Waals surface area contributed by atoms with Crippen LogP contribution in [0.4, 0.5) is 5.69 Å². The van der Waals surface area contributed by atoms with E-state index in [1.807, 2.05) is 22.6 Å². The number of hydrogen-bond acceptors (Lipinski definition) is 5. The smallest absolute Gasteiger partial charge is 0.338 e. The van der Waals surface area contributed by atoms with E-state index in [1.165, 1.54) is 30.3 Å². The molecule has 156 valence electrons. The molecular weight excluding hydrogens is 541 g/mol. The summed E-state index contributed by atoms with van der Waals surface area (Å²) in [5.41, 5.74) is 0.634. The molecule has 0 aliphatic heterocycles. The van der Waals surface area contributed by atoms with Crippen molar-refractivity contribution in [1.82, 2.24) is 0 Å². The summed E-state index contributed by atoms with van der Waals surface area (Å²) in [5.74, 6) is 0.139. The first kappa shape index (κ1) is 22.4. The quantitative estimate of drug-likeness (QED) is 0.297. The fourth-order valence-electron chi connectivity index (χ4n) is 2.55. The van der Waals surface area contributed by atoms with Crippen LogP contribution in [0.1, 0.15) is 17.3 Å². The van der Waals surface area contributed by atoms with Crippen molar-refractivity contribution in [3.63, 3.8) is 0 Å². The van der Waals surface area contributed by atoms with E-state index in [2.05, 4.69) is 4.72 Å². The van der Waals surface area contributed by atoms with Crippen molar-refractivity contribution in [2.75, 3.05) is 11.3 Å². The summed E-state index contributed by atoms with van der Waals surface area (Å²) in [6.07, 6.45) is 0. The Kier molecular flexibility index (Phi) is 7.22. The third-order valence-corrected chi connectivity index (χ3v) is 6.37. The number of halogens is 2. The van der Waals surface area contributed by atoms with Crippen LogP contribution in [-0.2, 0) is 14.8 Å². The van der Waals surface area contributed by atoms with Gasteiger partial charge in [0, 0.05) is 10.7 Å².